The lowest BCUT2D eigenvalue weighted by Gasteiger charge is -2.12. The highest BCUT2D eigenvalue weighted by Crippen LogP contribution is 2.31. The molecule has 0 atom stereocenters. The van der Waals surface area contributed by atoms with Gasteiger partial charge in [-0.2, -0.15) is 13.2 Å². The molecule has 0 unspecified atom stereocenters. The van der Waals surface area contributed by atoms with E-state index in [0.717, 1.165) is 18.2 Å². The largest absolute Gasteiger partial charge is 0.416 e. The zero-order chi connectivity index (χ0) is 15.4. The van der Waals surface area contributed by atoms with E-state index < -0.39 is 21.8 Å². The first-order valence-corrected chi connectivity index (χ1v) is 7.55. The molecule has 0 heterocycles. The number of hydrogen-bond acceptors (Lipinski definition) is 3. The minimum absolute atomic E-state index is 0.0655. The van der Waals surface area contributed by atoms with E-state index in [2.05, 4.69) is 10.0 Å². The molecular weight excluding hydrogens is 293 g/mol. The summed E-state index contributed by atoms with van der Waals surface area (Å²) in [6.45, 7) is 4.57. The molecule has 0 radical (unpaired) electrons. The molecular formula is C12H17F3N2O2S. The Morgan fingerprint density at radius 2 is 1.85 bits per heavy atom. The third-order valence-corrected chi connectivity index (χ3v) is 4.26. The predicted octanol–water partition coefficient (Wildman–Crippen LogP) is 1.90. The van der Waals surface area contributed by atoms with Crippen LogP contribution in [0.3, 0.4) is 0 Å². The number of rotatable bonds is 6. The molecule has 0 amide bonds. The van der Waals surface area contributed by atoms with Gasteiger partial charge in [0.2, 0.25) is 10.0 Å². The first-order chi connectivity index (χ1) is 9.18. The highest BCUT2D eigenvalue weighted by molar-refractivity contribution is 7.89. The van der Waals surface area contributed by atoms with E-state index in [1.807, 2.05) is 6.92 Å². The van der Waals surface area contributed by atoms with Gasteiger partial charge in [0.1, 0.15) is 0 Å². The number of nitrogens with one attached hydrogen (secondary N) is 2. The summed E-state index contributed by atoms with van der Waals surface area (Å²) in [5.74, 6) is 0. The van der Waals surface area contributed by atoms with Crippen molar-refractivity contribution in [3.8, 4) is 0 Å². The van der Waals surface area contributed by atoms with E-state index in [1.54, 1.807) is 0 Å². The van der Waals surface area contributed by atoms with Crippen molar-refractivity contribution in [1.29, 1.82) is 0 Å². The van der Waals surface area contributed by atoms with Crippen molar-refractivity contribution < 1.29 is 21.6 Å². The van der Waals surface area contributed by atoms with E-state index in [0.29, 0.717) is 13.1 Å². The van der Waals surface area contributed by atoms with Crippen LogP contribution in [0.4, 0.5) is 13.2 Å². The number of likely N-dealkylation sites (N-methyl/N-ethyl adjacent to an activating group) is 1. The Kier molecular flexibility index (Phi) is 5.55. The second kappa shape index (κ2) is 6.55. The van der Waals surface area contributed by atoms with Gasteiger partial charge in [0.25, 0.3) is 0 Å². The van der Waals surface area contributed by atoms with E-state index in [-0.39, 0.29) is 17.0 Å². The molecule has 1 rings (SSSR count). The van der Waals surface area contributed by atoms with Crippen LogP contribution in [0.15, 0.2) is 23.1 Å². The first-order valence-electron chi connectivity index (χ1n) is 6.06. The maximum atomic E-state index is 12.5. The van der Waals surface area contributed by atoms with Crippen molar-refractivity contribution in [2.24, 2.45) is 0 Å². The van der Waals surface area contributed by atoms with Crippen LogP contribution in [-0.4, -0.2) is 28.1 Å². The van der Waals surface area contributed by atoms with Crippen LogP contribution >= 0.6 is 0 Å². The van der Waals surface area contributed by atoms with Crippen molar-refractivity contribution in [3.63, 3.8) is 0 Å². The Balaban J connectivity index is 2.91. The first kappa shape index (κ1) is 16.9. The van der Waals surface area contributed by atoms with Gasteiger partial charge in [-0.3, -0.25) is 0 Å². The SMILES string of the molecule is CCNCCNS(=O)(=O)c1ccc(C(F)(F)F)cc1C. The topological polar surface area (TPSA) is 58.2 Å². The summed E-state index contributed by atoms with van der Waals surface area (Å²) in [5.41, 5.74) is -0.794. The molecule has 0 bridgehead atoms. The van der Waals surface area contributed by atoms with Gasteiger partial charge in [0.15, 0.2) is 0 Å². The average Bonchev–Trinajstić information content (AvgIpc) is 2.33. The smallest absolute Gasteiger partial charge is 0.316 e. The lowest BCUT2D eigenvalue weighted by Crippen LogP contribution is -2.32. The Labute approximate surface area is 116 Å². The van der Waals surface area contributed by atoms with Crippen molar-refractivity contribution >= 4 is 10.0 Å². The molecule has 0 aliphatic rings. The van der Waals surface area contributed by atoms with Gasteiger partial charge in [0, 0.05) is 13.1 Å². The van der Waals surface area contributed by atoms with Crippen LogP contribution in [0, 0.1) is 6.92 Å². The molecule has 0 aliphatic heterocycles. The van der Waals surface area contributed by atoms with Gasteiger partial charge < -0.3 is 5.32 Å². The zero-order valence-corrected chi connectivity index (χ0v) is 12.0. The summed E-state index contributed by atoms with van der Waals surface area (Å²) in [7, 11) is -3.79. The third kappa shape index (κ3) is 4.46. The monoisotopic (exact) mass is 310 g/mol. The number of aryl methyl sites for hydroxylation is 1. The number of benzene rings is 1. The van der Waals surface area contributed by atoms with Crippen molar-refractivity contribution in [3.05, 3.63) is 29.3 Å². The Morgan fingerprint density at radius 3 is 2.35 bits per heavy atom. The summed E-state index contributed by atoms with van der Waals surface area (Å²) in [4.78, 5) is -0.137. The summed E-state index contributed by atoms with van der Waals surface area (Å²) in [6.07, 6.45) is -4.48. The van der Waals surface area contributed by atoms with Crippen molar-refractivity contribution in [2.75, 3.05) is 19.6 Å². The Bertz CT molecular complexity index is 556. The molecule has 2 N–H and O–H groups in total. The van der Waals surface area contributed by atoms with Gasteiger partial charge in [-0.25, -0.2) is 13.1 Å². The fourth-order valence-corrected chi connectivity index (χ4v) is 2.91. The van der Waals surface area contributed by atoms with Crippen LogP contribution in [-0.2, 0) is 16.2 Å². The van der Waals surface area contributed by atoms with Gasteiger partial charge in [-0.05, 0) is 37.2 Å². The Hall–Kier alpha value is -1.12. The molecule has 1 aromatic carbocycles. The number of sulfonamides is 1. The van der Waals surface area contributed by atoms with Gasteiger partial charge >= 0.3 is 6.18 Å². The highest BCUT2D eigenvalue weighted by Gasteiger charge is 2.31. The molecule has 0 aromatic heterocycles. The second-order valence-electron chi connectivity index (χ2n) is 4.23. The fourth-order valence-electron chi connectivity index (χ4n) is 1.66. The predicted molar refractivity (Wildman–Crippen MR) is 69.9 cm³/mol. The van der Waals surface area contributed by atoms with E-state index in [9.17, 15) is 21.6 Å². The van der Waals surface area contributed by atoms with Gasteiger partial charge in [-0.15, -0.1) is 0 Å². The van der Waals surface area contributed by atoms with Crippen molar-refractivity contribution in [1.82, 2.24) is 10.0 Å². The quantitative estimate of drug-likeness (QED) is 0.789. The summed E-state index contributed by atoms with van der Waals surface area (Å²) in [6, 6.07) is 2.58. The van der Waals surface area contributed by atoms with E-state index in [4.69, 9.17) is 0 Å². The van der Waals surface area contributed by atoms with Crippen LogP contribution in [0.2, 0.25) is 0 Å². The molecule has 0 saturated heterocycles. The molecule has 0 saturated carbocycles. The number of alkyl halides is 3. The van der Waals surface area contributed by atoms with Gasteiger partial charge in [-0.1, -0.05) is 6.92 Å². The lowest BCUT2D eigenvalue weighted by atomic mass is 10.1. The van der Waals surface area contributed by atoms with Crippen LogP contribution in [0.5, 0.6) is 0 Å². The fraction of sp³-hybridized carbons (Fsp3) is 0.500. The van der Waals surface area contributed by atoms with Crippen LogP contribution in [0.1, 0.15) is 18.1 Å². The lowest BCUT2D eigenvalue weighted by molar-refractivity contribution is -0.137. The summed E-state index contributed by atoms with van der Waals surface area (Å²) in [5, 5.41) is 2.94. The molecule has 1 aromatic rings. The second-order valence-corrected chi connectivity index (χ2v) is 5.96. The average molecular weight is 310 g/mol. The molecule has 4 nitrogen and oxygen atoms in total. The Morgan fingerprint density at radius 1 is 1.20 bits per heavy atom. The van der Waals surface area contributed by atoms with Crippen molar-refractivity contribution in [2.45, 2.75) is 24.9 Å². The van der Waals surface area contributed by atoms with Crippen LogP contribution in [0.25, 0.3) is 0 Å². The molecule has 0 aliphatic carbocycles. The molecule has 0 spiro atoms. The minimum atomic E-state index is -4.48. The van der Waals surface area contributed by atoms with E-state index >= 15 is 0 Å². The maximum Gasteiger partial charge on any atom is 0.416 e. The molecule has 8 heteroatoms. The molecule has 114 valence electrons. The zero-order valence-electron chi connectivity index (χ0n) is 11.2. The minimum Gasteiger partial charge on any atom is -0.316 e. The number of hydrogen-bond donors (Lipinski definition) is 2. The summed E-state index contributed by atoms with van der Waals surface area (Å²) >= 11 is 0. The summed E-state index contributed by atoms with van der Waals surface area (Å²) < 4.78 is 63.8. The third-order valence-electron chi connectivity index (χ3n) is 2.64. The van der Waals surface area contributed by atoms with Gasteiger partial charge in [0.05, 0.1) is 10.5 Å². The molecule has 20 heavy (non-hydrogen) atoms. The highest BCUT2D eigenvalue weighted by atomic mass is 32.2. The normalized spacial score (nSPS) is 12.7. The van der Waals surface area contributed by atoms with E-state index in [1.165, 1.54) is 6.92 Å². The van der Waals surface area contributed by atoms with Crippen LogP contribution < -0.4 is 10.0 Å². The maximum absolute atomic E-state index is 12.5. The standard InChI is InChI=1S/C12H17F3N2O2S/c1-3-16-6-7-17-20(18,19)11-5-4-10(8-9(11)2)12(13,14)15/h4-5,8,16-17H,3,6-7H2,1-2H3. The number of halogens is 3. The molecule has 0 fully saturated rings.